The second-order valence-corrected chi connectivity index (χ2v) is 3.90. The molecule has 0 fully saturated rings. The Bertz CT molecular complexity index is 810. The predicted octanol–water partition coefficient (Wildman–Crippen LogP) is 0.841. The van der Waals surface area contributed by atoms with Crippen molar-refractivity contribution in [1.82, 2.24) is 25.2 Å². The Morgan fingerprint density at radius 2 is 2.16 bits per heavy atom. The Kier molecular flexibility index (Phi) is 2.55. The van der Waals surface area contributed by atoms with Gasteiger partial charge in [-0.15, -0.1) is 5.10 Å². The van der Waals surface area contributed by atoms with Crippen LogP contribution in [0.25, 0.3) is 11.0 Å². The fourth-order valence-corrected chi connectivity index (χ4v) is 1.72. The molecule has 6 nitrogen and oxygen atoms in total. The van der Waals surface area contributed by atoms with E-state index in [4.69, 9.17) is 0 Å². The van der Waals surface area contributed by atoms with Gasteiger partial charge in [0.2, 0.25) is 0 Å². The molecule has 0 atom stereocenters. The van der Waals surface area contributed by atoms with Crippen LogP contribution in [0.5, 0.6) is 0 Å². The van der Waals surface area contributed by atoms with Gasteiger partial charge in [-0.1, -0.05) is 17.3 Å². The standard InChI is InChI=1S/C11H7F2N5O/c12-7-3-1-2-6(9(7)13)5-18-11(19)10-8(15-17-18)4-14-16-10/h1-4H,5H2,(H,14,16). The lowest BCUT2D eigenvalue weighted by molar-refractivity contribution is 0.486. The minimum Gasteiger partial charge on any atom is -0.271 e. The van der Waals surface area contributed by atoms with Crippen molar-refractivity contribution < 1.29 is 8.78 Å². The summed E-state index contributed by atoms with van der Waals surface area (Å²) in [5.74, 6) is -1.97. The highest BCUT2D eigenvalue weighted by atomic mass is 19.2. The fraction of sp³-hybridized carbons (Fsp3) is 0.0909. The molecule has 0 amide bonds. The maximum atomic E-state index is 13.5. The van der Waals surface area contributed by atoms with Gasteiger partial charge in [-0.25, -0.2) is 13.5 Å². The Balaban J connectivity index is 2.08. The number of nitrogens with one attached hydrogen (secondary N) is 1. The van der Waals surface area contributed by atoms with Crippen molar-refractivity contribution in [3.8, 4) is 0 Å². The van der Waals surface area contributed by atoms with Crippen LogP contribution in [-0.2, 0) is 6.54 Å². The van der Waals surface area contributed by atoms with Crippen molar-refractivity contribution in [3.05, 3.63) is 51.9 Å². The topological polar surface area (TPSA) is 76.5 Å². The smallest absolute Gasteiger partial charge is 0.271 e. The van der Waals surface area contributed by atoms with Crippen LogP contribution in [0.2, 0.25) is 0 Å². The Hall–Kier alpha value is -2.64. The van der Waals surface area contributed by atoms with Crippen molar-refractivity contribution in [2.75, 3.05) is 0 Å². The van der Waals surface area contributed by atoms with Crippen LogP contribution in [0, 0.1) is 11.6 Å². The van der Waals surface area contributed by atoms with E-state index in [0.29, 0.717) is 5.52 Å². The molecule has 0 aliphatic heterocycles. The van der Waals surface area contributed by atoms with E-state index < -0.39 is 17.2 Å². The summed E-state index contributed by atoms with van der Waals surface area (Å²) in [5, 5.41) is 13.6. The number of halogens is 2. The molecule has 96 valence electrons. The van der Waals surface area contributed by atoms with Gasteiger partial charge in [0.25, 0.3) is 5.56 Å². The van der Waals surface area contributed by atoms with Gasteiger partial charge in [0.05, 0.1) is 12.7 Å². The zero-order valence-corrected chi connectivity index (χ0v) is 9.47. The molecule has 0 spiro atoms. The van der Waals surface area contributed by atoms with E-state index in [0.717, 1.165) is 10.7 Å². The Morgan fingerprint density at radius 3 is 3.00 bits per heavy atom. The monoisotopic (exact) mass is 263 g/mol. The van der Waals surface area contributed by atoms with Crippen molar-refractivity contribution in [3.63, 3.8) is 0 Å². The summed E-state index contributed by atoms with van der Waals surface area (Å²) >= 11 is 0. The highest BCUT2D eigenvalue weighted by Crippen LogP contribution is 2.11. The van der Waals surface area contributed by atoms with Crippen LogP contribution in [0.1, 0.15) is 5.56 Å². The third-order valence-electron chi connectivity index (χ3n) is 2.68. The summed E-state index contributed by atoms with van der Waals surface area (Å²) in [4.78, 5) is 12.0. The van der Waals surface area contributed by atoms with Crippen LogP contribution in [0.3, 0.4) is 0 Å². The van der Waals surface area contributed by atoms with Gasteiger partial charge in [0.15, 0.2) is 17.2 Å². The number of fused-ring (bicyclic) bond motifs is 1. The van der Waals surface area contributed by atoms with E-state index in [1.165, 1.54) is 18.3 Å². The largest absolute Gasteiger partial charge is 0.295 e. The molecule has 3 aromatic rings. The quantitative estimate of drug-likeness (QED) is 0.743. The summed E-state index contributed by atoms with van der Waals surface area (Å²) in [6.45, 7) is -0.204. The van der Waals surface area contributed by atoms with E-state index in [-0.39, 0.29) is 17.6 Å². The first-order valence-electron chi connectivity index (χ1n) is 5.36. The van der Waals surface area contributed by atoms with Gasteiger partial charge in [-0.05, 0) is 6.07 Å². The summed E-state index contributed by atoms with van der Waals surface area (Å²) in [5.41, 5.74) is 0.0224. The molecule has 2 heterocycles. The molecule has 0 aliphatic carbocycles. The van der Waals surface area contributed by atoms with Crippen LogP contribution >= 0.6 is 0 Å². The summed E-state index contributed by atoms with van der Waals surface area (Å²) in [6.07, 6.45) is 1.36. The number of nitrogens with zero attached hydrogens (tertiary/aromatic N) is 4. The second kappa shape index (κ2) is 4.23. The van der Waals surface area contributed by atoms with E-state index >= 15 is 0 Å². The molecule has 19 heavy (non-hydrogen) atoms. The molecule has 0 bridgehead atoms. The molecule has 0 saturated carbocycles. The number of aromatic nitrogens is 5. The zero-order valence-electron chi connectivity index (χ0n) is 9.47. The van der Waals surface area contributed by atoms with Crippen LogP contribution in [0.15, 0.2) is 29.2 Å². The number of hydrogen-bond donors (Lipinski definition) is 1. The molecule has 1 aromatic carbocycles. The molecular formula is C11H7F2N5O. The molecule has 0 radical (unpaired) electrons. The van der Waals surface area contributed by atoms with Gasteiger partial charge in [-0.3, -0.25) is 9.89 Å². The Labute approximate surface area is 104 Å². The average Bonchev–Trinajstić information content (AvgIpc) is 2.87. The van der Waals surface area contributed by atoms with Gasteiger partial charge in [0.1, 0.15) is 5.52 Å². The summed E-state index contributed by atoms with van der Waals surface area (Å²) < 4.78 is 27.5. The first kappa shape index (κ1) is 11.5. The lowest BCUT2D eigenvalue weighted by Gasteiger charge is -2.05. The minimum atomic E-state index is -0.999. The zero-order chi connectivity index (χ0) is 13.4. The maximum absolute atomic E-state index is 13.5. The van der Waals surface area contributed by atoms with Crippen LogP contribution in [0.4, 0.5) is 8.78 Å². The van der Waals surface area contributed by atoms with E-state index in [1.807, 2.05) is 0 Å². The normalized spacial score (nSPS) is 11.1. The van der Waals surface area contributed by atoms with Gasteiger partial charge in [0, 0.05) is 5.56 Å². The first-order valence-corrected chi connectivity index (χ1v) is 5.36. The fourth-order valence-electron chi connectivity index (χ4n) is 1.72. The number of rotatable bonds is 2. The minimum absolute atomic E-state index is 0.0234. The van der Waals surface area contributed by atoms with E-state index in [9.17, 15) is 13.6 Å². The molecule has 0 unspecified atom stereocenters. The number of H-pyrrole nitrogens is 1. The van der Waals surface area contributed by atoms with Crippen LogP contribution in [-0.4, -0.2) is 25.2 Å². The second-order valence-electron chi connectivity index (χ2n) is 3.90. The highest BCUT2D eigenvalue weighted by molar-refractivity contribution is 5.70. The number of aromatic amines is 1. The van der Waals surface area contributed by atoms with E-state index in [2.05, 4.69) is 20.5 Å². The van der Waals surface area contributed by atoms with E-state index in [1.54, 1.807) is 0 Å². The Morgan fingerprint density at radius 1 is 1.32 bits per heavy atom. The molecule has 2 aromatic heterocycles. The molecule has 3 rings (SSSR count). The lowest BCUT2D eigenvalue weighted by Crippen LogP contribution is -2.25. The predicted molar refractivity (Wildman–Crippen MR) is 61.4 cm³/mol. The highest BCUT2D eigenvalue weighted by Gasteiger charge is 2.12. The molecule has 1 N–H and O–H groups in total. The third kappa shape index (κ3) is 1.86. The third-order valence-corrected chi connectivity index (χ3v) is 2.68. The van der Waals surface area contributed by atoms with Crippen molar-refractivity contribution >= 4 is 11.0 Å². The molecule has 8 heteroatoms. The van der Waals surface area contributed by atoms with Crippen molar-refractivity contribution in [1.29, 1.82) is 0 Å². The number of benzene rings is 1. The number of hydrogen-bond acceptors (Lipinski definition) is 4. The molecule has 0 aliphatic rings. The van der Waals surface area contributed by atoms with Gasteiger partial charge < -0.3 is 0 Å². The molecule has 0 saturated heterocycles. The van der Waals surface area contributed by atoms with Crippen LogP contribution < -0.4 is 5.56 Å². The average molecular weight is 263 g/mol. The summed E-state index contributed by atoms with van der Waals surface area (Å²) in [7, 11) is 0. The van der Waals surface area contributed by atoms with Crippen molar-refractivity contribution in [2.24, 2.45) is 0 Å². The lowest BCUT2D eigenvalue weighted by atomic mass is 10.2. The maximum Gasteiger partial charge on any atom is 0.295 e. The van der Waals surface area contributed by atoms with Crippen molar-refractivity contribution in [2.45, 2.75) is 6.54 Å². The molecular weight excluding hydrogens is 256 g/mol. The van der Waals surface area contributed by atoms with Gasteiger partial charge >= 0.3 is 0 Å². The van der Waals surface area contributed by atoms with Gasteiger partial charge in [-0.2, -0.15) is 5.10 Å². The SMILES string of the molecule is O=c1c2[nH]ncc2nnn1Cc1cccc(F)c1F. The summed E-state index contributed by atoms with van der Waals surface area (Å²) in [6, 6.07) is 3.75. The first-order chi connectivity index (χ1) is 9.16.